The summed E-state index contributed by atoms with van der Waals surface area (Å²) in [5.74, 6) is -4.64. The first kappa shape index (κ1) is 15.0. The van der Waals surface area contributed by atoms with Crippen LogP contribution in [0, 0.1) is 11.6 Å². The number of hydrogen-bond acceptors (Lipinski definition) is 3. The predicted molar refractivity (Wildman–Crippen MR) is 63.8 cm³/mol. The van der Waals surface area contributed by atoms with Crippen LogP contribution in [0.15, 0.2) is 16.6 Å². The quantitative estimate of drug-likeness (QED) is 0.850. The van der Waals surface area contributed by atoms with Gasteiger partial charge in [-0.1, -0.05) is 0 Å². The standard InChI is InChI=1S/C10H9BrF2O4S/c1-5(10(14)15)18(16,17)4-6-8(12)3-2-7(11)9(6)13/h2-3,5H,4H2,1H3,(H,14,15). The summed E-state index contributed by atoms with van der Waals surface area (Å²) in [5, 5.41) is 6.89. The van der Waals surface area contributed by atoms with E-state index in [1.54, 1.807) is 0 Å². The first-order valence-electron chi connectivity index (χ1n) is 4.73. The van der Waals surface area contributed by atoms with Crippen molar-refractivity contribution in [2.24, 2.45) is 0 Å². The number of hydrogen-bond donors (Lipinski definition) is 1. The lowest BCUT2D eigenvalue weighted by molar-refractivity contribution is -0.136. The largest absolute Gasteiger partial charge is 0.480 e. The van der Waals surface area contributed by atoms with E-state index in [1.807, 2.05) is 0 Å². The van der Waals surface area contributed by atoms with Gasteiger partial charge in [-0.25, -0.2) is 17.2 Å². The van der Waals surface area contributed by atoms with Gasteiger partial charge in [0.05, 0.1) is 10.2 Å². The number of carboxylic acids is 1. The molecule has 4 nitrogen and oxygen atoms in total. The maximum atomic E-state index is 13.6. The molecule has 0 saturated heterocycles. The maximum Gasteiger partial charge on any atom is 0.321 e. The topological polar surface area (TPSA) is 71.4 Å². The molecule has 18 heavy (non-hydrogen) atoms. The lowest BCUT2D eigenvalue weighted by Gasteiger charge is -2.10. The molecule has 0 aliphatic heterocycles. The van der Waals surface area contributed by atoms with Gasteiger partial charge in [-0.05, 0) is 35.0 Å². The van der Waals surface area contributed by atoms with Gasteiger partial charge in [0.15, 0.2) is 15.1 Å². The average molecular weight is 343 g/mol. The van der Waals surface area contributed by atoms with E-state index in [2.05, 4.69) is 15.9 Å². The zero-order valence-corrected chi connectivity index (χ0v) is 11.6. The summed E-state index contributed by atoms with van der Waals surface area (Å²) in [7, 11) is -4.17. The molecule has 0 radical (unpaired) electrons. The van der Waals surface area contributed by atoms with Crippen LogP contribution in [0.1, 0.15) is 12.5 Å². The molecule has 1 N–H and O–H groups in total. The Hall–Kier alpha value is -1.02. The number of rotatable bonds is 4. The Morgan fingerprint density at radius 3 is 2.50 bits per heavy atom. The third-order valence-electron chi connectivity index (χ3n) is 2.37. The Balaban J connectivity index is 3.20. The van der Waals surface area contributed by atoms with E-state index in [0.29, 0.717) is 0 Å². The normalized spacial score (nSPS) is 13.3. The maximum absolute atomic E-state index is 13.6. The Morgan fingerprint density at radius 1 is 1.44 bits per heavy atom. The third kappa shape index (κ3) is 3.05. The van der Waals surface area contributed by atoms with Gasteiger partial charge < -0.3 is 5.11 Å². The number of aliphatic carboxylic acids is 1. The molecule has 1 rings (SSSR count). The van der Waals surface area contributed by atoms with Crippen molar-refractivity contribution < 1.29 is 27.1 Å². The smallest absolute Gasteiger partial charge is 0.321 e. The second-order valence-electron chi connectivity index (χ2n) is 3.61. The summed E-state index contributed by atoms with van der Waals surface area (Å²) in [6, 6.07) is 2.00. The van der Waals surface area contributed by atoms with Crippen LogP contribution in [0.3, 0.4) is 0 Å². The molecule has 0 amide bonds. The summed E-state index contributed by atoms with van der Waals surface area (Å²) in [5.41, 5.74) is -0.669. The molecule has 0 saturated carbocycles. The van der Waals surface area contributed by atoms with Crippen molar-refractivity contribution in [1.29, 1.82) is 0 Å². The van der Waals surface area contributed by atoms with Crippen LogP contribution in [0.2, 0.25) is 0 Å². The highest BCUT2D eigenvalue weighted by Crippen LogP contribution is 2.24. The highest BCUT2D eigenvalue weighted by molar-refractivity contribution is 9.10. The monoisotopic (exact) mass is 342 g/mol. The minimum Gasteiger partial charge on any atom is -0.480 e. The molecule has 8 heteroatoms. The van der Waals surface area contributed by atoms with Crippen LogP contribution >= 0.6 is 15.9 Å². The number of benzene rings is 1. The molecular formula is C10H9BrF2O4S. The number of carboxylic acid groups (broad SMARTS) is 1. The molecule has 0 heterocycles. The van der Waals surface area contributed by atoms with E-state index >= 15 is 0 Å². The van der Waals surface area contributed by atoms with Crippen molar-refractivity contribution in [3.8, 4) is 0 Å². The molecule has 1 aromatic rings. The van der Waals surface area contributed by atoms with Crippen molar-refractivity contribution >= 4 is 31.7 Å². The van der Waals surface area contributed by atoms with Gasteiger partial charge in [0.25, 0.3) is 0 Å². The summed E-state index contributed by atoms with van der Waals surface area (Å²) in [4.78, 5) is 10.6. The van der Waals surface area contributed by atoms with E-state index in [9.17, 15) is 22.0 Å². The molecule has 100 valence electrons. The molecule has 0 aliphatic rings. The van der Waals surface area contributed by atoms with E-state index in [4.69, 9.17) is 5.11 Å². The van der Waals surface area contributed by atoms with Crippen LogP contribution in [0.25, 0.3) is 0 Å². The lowest BCUT2D eigenvalue weighted by Crippen LogP contribution is -2.28. The molecule has 0 bridgehead atoms. The zero-order chi connectivity index (χ0) is 14.1. The fourth-order valence-electron chi connectivity index (χ4n) is 1.18. The number of carbonyl (C=O) groups is 1. The van der Waals surface area contributed by atoms with Crippen molar-refractivity contribution in [2.75, 3.05) is 0 Å². The van der Waals surface area contributed by atoms with E-state index in [-0.39, 0.29) is 4.47 Å². The molecule has 0 aliphatic carbocycles. The van der Waals surface area contributed by atoms with Crippen LogP contribution in [0.5, 0.6) is 0 Å². The number of sulfone groups is 1. The molecule has 0 aromatic heterocycles. The fraction of sp³-hybridized carbons (Fsp3) is 0.300. The van der Waals surface area contributed by atoms with E-state index in [1.165, 1.54) is 0 Å². The Bertz CT molecular complexity index is 586. The van der Waals surface area contributed by atoms with Gasteiger partial charge >= 0.3 is 5.97 Å². The Morgan fingerprint density at radius 2 is 2.00 bits per heavy atom. The Labute approximate surface area is 111 Å². The van der Waals surface area contributed by atoms with Crippen molar-refractivity contribution in [1.82, 2.24) is 0 Å². The predicted octanol–water partition coefficient (Wildman–Crippen LogP) is 2.12. The first-order chi connectivity index (χ1) is 8.16. The first-order valence-corrected chi connectivity index (χ1v) is 7.24. The fourth-order valence-corrected chi connectivity index (χ4v) is 2.78. The van der Waals surface area contributed by atoms with Crippen molar-refractivity contribution in [3.63, 3.8) is 0 Å². The van der Waals surface area contributed by atoms with Crippen LogP contribution in [0.4, 0.5) is 8.78 Å². The number of halogens is 3. The average Bonchev–Trinajstić information content (AvgIpc) is 2.28. The molecule has 0 spiro atoms. The van der Waals surface area contributed by atoms with Gasteiger partial charge in [0.2, 0.25) is 0 Å². The Kier molecular flexibility index (Phi) is 4.44. The van der Waals surface area contributed by atoms with E-state index in [0.717, 1.165) is 19.1 Å². The van der Waals surface area contributed by atoms with Crippen LogP contribution in [-0.2, 0) is 20.4 Å². The van der Waals surface area contributed by atoms with Crippen molar-refractivity contribution in [2.45, 2.75) is 17.9 Å². The van der Waals surface area contributed by atoms with Crippen LogP contribution < -0.4 is 0 Å². The highest BCUT2D eigenvalue weighted by Gasteiger charge is 2.30. The van der Waals surface area contributed by atoms with Gasteiger partial charge in [-0.15, -0.1) is 0 Å². The van der Waals surface area contributed by atoms with Gasteiger partial charge in [0, 0.05) is 5.56 Å². The molecule has 1 atom stereocenters. The SMILES string of the molecule is CC(C(=O)O)S(=O)(=O)Cc1c(F)ccc(Br)c1F. The molecule has 1 unspecified atom stereocenters. The molecule has 1 aromatic carbocycles. The molecular weight excluding hydrogens is 334 g/mol. The van der Waals surface area contributed by atoms with E-state index < -0.39 is 44.0 Å². The second kappa shape index (κ2) is 5.31. The lowest BCUT2D eigenvalue weighted by atomic mass is 10.2. The van der Waals surface area contributed by atoms with Gasteiger partial charge in [-0.3, -0.25) is 4.79 Å². The summed E-state index contributed by atoms with van der Waals surface area (Å²) in [6.45, 7) is 0.950. The third-order valence-corrected chi connectivity index (χ3v) is 4.95. The molecule has 0 fully saturated rings. The highest BCUT2D eigenvalue weighted by atomic mass is 79.9. The summed E-state index contributed by atoms with van der Waals surface area (Å²) < 4.78 is 50.1. The summed E-state index contributed by atoms with van der Waals surface area (Å²) >= 11 is 2.80. The zero-order valence-electron chi connectivity index (χ0n) is 9.15. The van der Waals surface area contributed by atoms with Gasteiger partial charge in [-0.2, -0.15) is 0 Å². The minimum absolute atomic E-state index is 0.0860. The summed E-state index contributed by atoms with van der Waals surface area (Å²) in [6.07, 6.45) is 0. The minimum atomic E-state index is -4.17. The van der Waals surface area contributed by atoms with Crippen molar-refractivity contribution in [3.05, 3.63) is 33.8 Å². The second-order valence-corrected chi connectivity index (χ2v) is 6.79. The van der Waals surface area contributed by atoms with Gasteiger partial charge in [0.1, 0.15) is 11.6 Å². The van der Waals surface area contributed by atoms with Crippen LogP contribution in [-0.4, -0.2) is 24.7 Å².